The van der Waals surface area contributed by atoms with Gasteiger partial charge >= 0.3 is 0 Å². The third kappa shape index (κ3) is 6.45. The second-order valence-corrected chi connectivity index (χ2v) is 6.64. The van der Waals surface area contributed by atoms with Crippen molar-refractivity contribution in [1.29, 1.82) is 0 Å². The number of hydrogen-bond acceptors (Lipinski definition) is 4. The standard InChI is InChI=1S/C13H22N2O3S.ClH/c1-5-19(16,17)14-13-7-6-12(10-11(13)2)18-9-8-15(3)4;/h6-7,10,14H,5,8-9H2,1-4H3;1H. The van der Waals surface area contributed by atoms with Gasteiger partial charge in [0.05, 0.1) is 11.4 Å². The summed E-state index contributed by atoms with van der Waals surface area (Å²) >= 11 is 0. The maximum absolute atomic E-state index is 11.5. The predicted octanol–water partition coefficient (Wildman–Crippen LogP) is 2.12. The molecule has 1 rings (SSSR count). The van der Waals surface area contributed by atoms with Gasteiger partial charge in [-0.1, -0.05) is 0 Å². The van der Waals surface area contributed by atoms with Crippen molar-refractivity contribution >= 4 is 28.1 Å². The molecule has 0 aliphatic carbocycles. The Hall–Kier alpha value is -0.980. The molecule has 0 radical (unpaired) electrons. The lowest BCUT2D eigenvalue weighted by atomic mass is 10.2. The highest BCUT2D eigenvalue weighted by molar-refractivity contribution is 7.92. The highest BCUT2D eigenvalue weighted by atomic mass is 35.5. The Morgan fingerprint density at radius 2 is 1.95 bits per heavy atom. The Labute approximate surface area is 127 Å². The van der Waals surface area contributed by atoms with Gasteiger partial charge in [-0.2, -0.15) is 0 Å². The smallest absolute Gasteiger partial charge is 0.232 e. The molecule has 116 valence electrons. The molecular formula is C13H23ClN2O3S. The summed E-state index contributed by atoms with van der Waals surface area (Å²) in [5, 5.41) is 0. The average molecular weight is 323 g/mol. The van der Waals surface area contributed by atoms with Crippen molar-refractivity contribution in [1.82, 2.24) is 4.90 Å². The van der Waals surface area contributed by atoms with Gasteiger partial charge in [0.1, 0.15) is 12.4 Å². The van der Waals surface area contributed by atoms with Gasteiger partial charge in [0, 0.05) is 6.54 Å². The van der Waals surface area contributed by atoms with Crippen molar-refractivity contribution < 1.29 is 13.2 Å². The molecule has 0 saturated carbocycles. The summed E-state index contributed by atoms with van der Waals surface area (Å²) in [4.78, 5) is 2.04. The van der Waals surface area contributed by atoms with Crippen LogP contribution in [-0.2, 0) is 10.0 Å². The fraction of sp³-hybridized carbons (Fsp3) is 0.538. The Morgan fingerprint density at radius 3 is 2.45 bits per heavy atom. The molecule has 0 unspecified atom stereocenters. The molecule has 0 fully saturated rings. The molecule has 0 heterocycles. The fourth-order valence-electron chi connectivity index (χ4n) is 1.43. The molecule has 0 aliphatic rings. The summed E-state index contributed by atoms with van der Waals surface area (Å²) in [6.45, 7) is 4.90. The summed E-state index contributed by atoms with van der Waals surface area (Å²) < 4.78 is 31.1. The van der Waals surface area contributed by atoms with Crippen LogP contribution < -0.4 is 9.46 Å². The van der Waals surface area contributed by atoms with Crippen LogP contribution in [0.25, 0.3) is 0 Å². The lowest BCUT2D eigenvalue weighted by molar-refractivity contribution is 0.261. The van der Waals surface area contributed by atoms with E-state index in [4.69, 9.17) is 4.74 Å². The third-order valence-electron chi connectivity index (χ3n) is 2.65. The molecule has 0 bridgehead atoms. The summed E-state index contributed by atoms with van der Waals surface area (Å²) in [6.07, 6.45) is 0. The van der Waals surface area contributed by atoms with Crippen molar-refractivity contribution in [2.24, 2.45) is 0 Å². The topological polar surface area (TPSA) is 58.6 Å². The Balaban J connectivity index is 0.00000361. The van der Waals surface area contributed by atoms with E-state index in [0.29, 0.717) is 12.3 Å². The molecular weight excluding hydrogens is 300 g/mol. The highest BCUT2D eigenvalue weighted by Crippen LogP contribution is 2.22. The van der Waals surface area contributed by atoms with Gasteiger partial charge in [0.2, 0.25) is 10.0 Å². The second-order valence-electron chi connectivity index (χ2n) is 4.63. The van der Waals surface area contributed by atoms with Crippen LogP contribution in [0.1, 0.15) is 12.5 Å². The summed E-state index contributed by atoms with van der Waals surface area (Å²) in [6, 6.07) is 5.34. The Kier molecular flexibility index (Phi) is 7.93. The number of ether oxygens (including phenoxy) is 1. The highest BCUT2D eigenvalue weighted by Gasteiger charge is 2.09. The molecule has 1 N–H and O–H groups in total. The molecule has 20 heavy (non-hydrogen) atoms. The number of benzene rings is 1. The van der Waals surface area contributed by atoms with E-state index in [2.05, 4.69) is 4.72 Å². The first-order valence-corrected chi connectivity index (χ1v) is 7.88. The maximum atomic E-state index is 11.5. The van der Waals surface area contributed by atoms with E-state index >= 15 is 0 Å². The third-order valence-corrected chi connectivity index (χ3v) is 3.94. The molecule has 0 amide bonds. The number of hydrogen-bond donors (Lipinski definition) is 1. The van der Waals surface area contributed by atoms with Gasteiger partial charge in [-0.15, -0.1) is 12.4 Å². The number of sulfonamides is 1. The minimum Gasteiger partial charge on any atom is -0.492 e. The number of nitrogens with zero attached hydrogens (tertiary/aromatic N) is 1. The lowest BCUT2D eigenvalue weighted by Crippen LogP contribution is -2.19. The molecule has 0 spiro atoms. The first-order valence-electron chi connectivity index (χ1n) is 6.22. The number of likely N-dealkylation sites (N-methyl/N-ethyl adjacent to an activating group) is 1. The van der Waals surface area contributed by atoms with Crippen molar-refractivity contribution in [3.05, 3.63) is 23.8 Å². The average Bonchev–Trinajstić information content (AvgIpc) is 2.32. The molecule has 0 aliphatic heterocycles. The van der Waals surface area contributed by atoms with Gasteiger partial charge in [-0.05, 0) is 51.7 Å². The molecule has 5 nitrogen and oxygen atoms in total. The van der Waals surface area contributed by atoms with Gasteiger partial charge in [-0.3, -0.25) is 4.72 Å². The van der Waals surface area contributed by atoms with Gasteiger partial charge < -0.3 is 9.64 Å². The van der Waals surface area contributed by atoms with Crippen molar-refractivity contribution in [3.8, 4) is 5.75 Å². The van der Waals surface area contributed by atoms with Crippen molar-refractivity contribution in [2.75, 3.05) is 37.7 Å². The van der Waals surface area contributed by atoms with E-state index in [1.165, 1.54) is 0 Å². The van der Waals surface area contributed by atoms with Crippen LogP contribution >= 0.6 is 12.4 Å². The van der Waals surface area contributed by atoms with Crippen LogP contribution in [0.4, 0.5) is 5.69 Å². The quantitative estimate of drug-likeness (QED) is 0.835. The minimum atomic E-state index is -3.23. The van der Waals surface area contributed by atoms with E-state index in [1.807, 2.05) is 32.0 Å². The number of anilines is 1. The monoisotopic (exact) mass is 322 g/mol. The maximum Gasteiger partial charge on any atom is 0.232 e. The van der Waals surface area contributed by atoms with Gasteiger partial charge in [-0.25, -0.2) is 8.42 Å². The minimum absolute atomic E-state index is 0. The number of rotatable bonds is 7. The normalized spacial score (nSPS) is 11.1. The van der Waals surface area contributed by atoms with Crippen molar-refractivity contribution in [3.63, 3.8) is 0 Å². The Morgan fingerprint density at radius 1 is 1.30 bits per heavy atom. The van der Waals surface area contributed by atoms with Crippen molar-refractivity contribution in [2.45, 2.75) is 13.8 Å². The zero-order valence-corrected chi connectivity index (χ0v) is 14.0. The van der Waals surface area contributed by atoms with Gasteiger partial charge in [0.15, 0.2) is 0 Å². The number of nitrogens with one attached hydrogen (secondary N) is 1. The first kappa shape index (κ1) is 19.0. The van der Waals surface area contributed by atoms with Gasteiger partial charge in [0.25, 0.3) is 0 Å². The zero-order valence-electron chi connectivity index (χ0n) is 12.3. The molecule has 1 aromatic carbocycles. The number of halogens is 1. The summed E-state index contributed by atoms with van der Waals surface area (Å²) in [5.74, 6) is 0.812. The van der Waals surface area contributed by atoms with E-state index < -0.39 is 10.0 Å². The zero-order chi connectivity index (χ0) is 14.5. The predicted molar refractivity (Wildman–Crippen MR) is 85.6 cm³/mol. The van der Waals surface area contributed by atoms with Crippen LogP contribution in [0.15, 0.2) is 18.2 Å². The first-order chi connectivity index (χ1) is 8.84. The van der Waals surface area contributed by atoms with E-state index in [9.17, 15) is 8.42 Å². The van der Waals surface area contributed by atoms with Crippen LogP contribution in [0.3, 0.4) is 0 Å². The summed E-state index contributed by atoms with van der Waals surface area (Å²) in [5.41, 5.74) is 1.45. The Bertz CT molecular complexity index is 518. The van der Waals surface area contributed by atoms with Crippen LogP contribution in [0.5, 0.6) is 5.75 Å². The van der Waals surface area contributed by atoms with Crippen LogP contribution in [0.2, 0.25) is 0 Å². The molecule has 0 atom stereocenters. The molecule has 1 aromatic rings. The summed E-state index contributed by atoms with van der Waals surface area (Å²) in [7, 11) is 0.733. The van der Waals surface area contributed by atoms with E-state index in [0.717, 1.165) is 17.9 Å². The van der Waals surface area contributed by atoms with E-state index in [-0.39, 0.29) is 18.2 Å². The van der Waals surface area contributed by atoms with Crippen LogP contribution in [-0.4, -0.2) is 46.3 Å². The molecule has 0 saturated heterocycles. The fourth-order valence-corrected chi connectivity index (χ4v) is 2.13. The molecule has 0 aromatic heterocycles. The lowest BCUT2D eigenvalue weighted by Gasteiger charge is -2.13. The van der Waals surface area contributed by atoms with E-state index in [1.54, 1.807) is 19.1 Å². The van der Waals surface area contributed by atoms with Crippen LogP contribution in [0, 0.1) is 6.92 Å². The second kappa shape index (κ2) is 8.34. The largest absolute Gasteiger partial charge is 0.492 e. The SMILES string of the molecule is CCS(=O)(=O)Nc1ccc(OCCN(C)C)cc1C.Cl. The number of aryl methyl sites for hydroxylation is 1. The molecule has 7 heteroatoms.